The number of carbonyl (C=O) groups excluding carboxylic acids is 1. The van der Waals surface area contributed by atoms with Gasteiger partial charge in [0.25, 0.3) is 5.91 Å². The van der Waals surface area contributed by atoms with E-state index in [2.05, 4.69) is 43.2 Å². The number of hydrogen-bond acceptors (Lipinski definition) is 3. The van der Waals surface area contributed by atoms with Crippen LogP contribution in [0.15, 0.2) is 36.5 Å². The molecule has 0 spiro atoms. The molecule has 1 aliphatic heterocycles. The number of amides is 1. The molecule has 6 nitrogen and oxygen atoms in total. The SMILES string of the molecule is Cc1nn2c(c1-c1ccccc1C(C)C)N(C(=O)c1ccn(C)n1)CCC2. The quantitative estimate of drug-likeness (QED) is 0.712. The molecule has 0 aliphatic carbocycles. The second-order valence-corrected chi connectivity index (χ2v) is 7.43. The third-order valence-electron chi connectivity index (χ3n) is 5.14. The molecule has 3 aromatic rings. The van der Waals surface area contributed by atoms with Crippen LogP contribution in [0.25, 0.3) is 11.1 Å². The van der Waals surface area contributed by atoms with Crippen LogP contribution in [0.1, 0.15) is 47.9 Å². The summed E-state index contributed by atoms with van der Waals surface area (Å²) in [4.78, 5) is 15.0. The third-order valence-corrected chi connectivity index (χ3v) is 5.14. The zero-order valence-electron chi connectivity index (χ0n) is 16.3. The van der Waals surface area contributed by atoms with Crippen LogP contribution in [0, 0.1) is 6.92 Å². The Bertz CT molecular complexity index is 998. The Hall–Kier alpha value is -2.89. The first-order valence-electron chi connectivity index (χ1n) is 9.45. The number of nitrogens with zero attached hydrogens (tertiary/aromatic N) is 5. The monoisotopic (exact) mass is 363 g/mol. The zero-order chi connectivity index (χ0) is 19.1. The number of aromatic nitrogens is 4. The second-order valence-electron chi connectivity index (χ2n) is 7.43. The predicted octanol–water partition coefficient (Wildman–Crippen LogP) is 3.77. The van der Waals surface area contributed by atoms with E-state index in [0.29, 0.717) is 18.2 Å². The van der Waals surface area contributed by atoms with Gasteiger partial charge in [-0.05, 0) is 36.5 Å². The minimum absolute atomic E-state index is 0.0697. The molecule has 6 heteroatoms. The van der Waals surface area contributed by atoms with Gasteiger partial charge in [-0.2, -0.15) is 10.2 Å². The molecule has 0 bridgehead atoms. The van der Waals surface area contributed by atoms with Gasteiger partial charge in [-0.1, -0.05) is 38.1 Å². The van der Waals surface area contributed by atoms with Gasteiger partial charge in [0, 0.05) is 31.9 Å². The van der Waals surface area contributed by atoms with Crippen molar-refractivity contribution in [2.24, 2.45) is 7.05 Å². The molecule has 1 aliphatic rings. The molecule has 0 radical (unpaired) electrons. The first-order valence-corrected chi connectivity index (χ1v) is 9.45. The van der Waals surface area contributed by atoms with Gasteiger partial charge in [0.15, 0.2) is 5.69 Å². The number of benzene rings is 1. The Morgan fingerprint density at radius 1 is 1.11 bits per heavy atom. The van der Waals surface area contributed by atoms with Crippen molar-refractivity contribution < 1.29 is 4.79 Å². The summed E-state index contributed by atoms with van der Waals surface area (Å²) in [5.74, 6) is 1.21. The predicted molar refractivity (Wildman–Crippen MR) is 106 cm³/mol. The lowest BCUT2D eigenvalue weighted by atomic mass is 9.92. The Kier molecular flexibility index (Phi) is 4.34. The lowest BCUT2D eigenvalue weighted by Crippen LogP contribution is -2.38. The fraction of sp³-hybridized carbons (Fsp3) is 0.381. The summed E-state index contributed by atoms with van der Waals surface area (Å²) in [5, 5.41) is 9.07. The van der Waals surface area contributed by atoms with E-state index in [1.165, 1.54) is 5.56 Å². The number of anilines is 1. The first-order chi connectivity index (χ1) is 13.0. The van der Waals surface area contributed by atoms with Crippen LogP contribution in [0.4, 0.5) is 5.82 Å². The van der Waals surface area contributed by atoms with Crippen LogP contribution in [0.2, 0.25) is 0 Å². The van der Waals surface area contributed by atoms with E-state index in [1.54, 1.807) is 16.9 Å². The minimum atomic E-state index is -0.0697. The Morgan fingerprint density at radius 3 is 2.59 bits per heavy atom. The van der Waals surface area contributed by atoms with E-state index in [4.69, 9.17) is 5.10 Å². The number of fused-ring (bicyclic) bond motifs is 1. The van der Waals surface area contributed by atoms with Gasteiger partial charge < -0.3 is 0 Å². The zero-order valence-corrected chi connectivity index (χ0v) is 16.3. The molecule has 0 unspecified atom stereocenters. The molecule has 0 saturated heterocycles. The molecule has 4 rings (SSSR count). The van der Waals surface area contributed by atoms with Crippen LogP contribution in [-0.4, -0.2) is 32.0 Å². The van der Waals surface area contributed by atoms with Crippen molar-refractivity contribution in [2.45, 2.75) is 39.7 Å². The Balaban J connectivity index is 1.88. The van der Waals surface area contributed by atoms with Crippen LogP contribution in [0.5, 0.6) is 0 Å². The van der Waals surface area contributed by atoms with Crippen molar-refractivity contribution in [1.29, 1.82) is 0 Å². The molecule has 0 atom stereocenters. The Labute approximate surface area is 159 Å². The smallest absolute Gasteiger partial charge is 0.279 e. The maximum absolute atomic E-state index is 13.2. The average Bonchev–Trinajstić information content (AvgIpc) is 3.23. The summed E-state index contributed by atoms with van der Waals surface area (Å²) in [5.41, 5.74) is 4.91. The average molecular weight is 363 g/mol. The molecule has 3 heterocycles. The lowest BCUT2D eigenvalue weighted by molar-refractivity contribution is 0.0976. The van der Waals surface area contributed by atoms with Crippen molar-refractivity contribution in [1.82, 2.24) is 19.6 Å². The molecular formula is C21H25N5O. The standard InChI is InChI=1S/C21H25N5O/c1-14(2)16-8-5-6-9-17(16)19-15(3)22-26-12-7-11-25(20(19)26)21(27)18-10-13-24(4)23-18/h5-6,8-10,13-14H,7,11-12H2,1-4H3. The van der Waals surface area contributed by atoms with Gasteiger partial charge in [0.05, 0.1) is 5.69 Å². The minimum Gasteiger partial charge on any atom is -0.291 e. The fourth-order valence-corrected chi connectivity index (χ4v) is 3.89. The van der Waals surface area contributed by atoms with Gasteiger partial charge in [-0.15, -0.1) is 0 Å². The first kappa shape index (κ1) is 17.5. The van der Waals surface area contributed by atoms with E-state index < -0.39 is 0 Å². The highest BCUT2D eigenvalue weighted by Gasteiger charge is 2.31. The van der Waals surface area contributed by atoms with E-state index >= 15 is 0 Å². The lowest BCUT2D eigenvalue weighted by Gasteiger charge is -2.29. The molecule has 140 valence electrons. The van der Waals surface area contributed by atoms with Crippen LogP contribution in [0.3, 0.4) is 0 Å². The summed E-state index contributed by atoms with van der Waals surface area (Å²) in [7, 11) is 1.83. The number of rotatable bonds is 3. The van der Waals surface area contributed by atoms with E-state index in [0.717, 1.165) is 35.6 Å². The van der Waals surface area contributed by atoms with Crippen LogP contribution < -0.4 is 4.90 Å². The topological polar surface area (TPSA) is 56.0 Å². The van der Waals surface area contributed by atoms with Gasteiger partial charge in [0.1, 0.15) is 5.82 Å². The van der Waals surface area contributed by atoms with Crippen molar-refractivity contribution in [3.05, 3.63) is 53.5 Å². The summed E-state index contributed by atoms with van der Waals surface area (Å²) >= 11 is 0. The van der Waals surface area contributed by atoms with Gasteiger partial charge in [0.2, 0.25) is 0 Å². The largest absolute Gasteiger partial charge is 0.291 e. The summed E-state index contributed by atoms with van der Waals surface area (Å²) in [6, 6.07) is 10.2. The van der Waals surface area contributed by atoms with Crippen molar-refractivity contribution >= 4 is 11.7 Å². The highest BCUT2D eigenvalue weighted by atomic mass is 16.2. The summed E-state index contributed by atoms with van der Waals surface area (Å²) < 4.78 is 3.64. The van der Waals surface area contributed by atoms with Crippen LogP contribution >= 0.6 is 0 Å². The van der Waals surface area contributed by atoms with E-state index in [-0.39, 0.29) is 5.91 Å². The maximum Gasteiger partial charge on any atom is 0.279 e. The Morgan fingerprint density at radius 2 is 1.89 bits per heavy atom. The highest BCUT2D eigenvalue weighted by Crippen LogP contribution is 2.40. The van der Waals surface area contributed by atoms with E-state index in [9.17, 15) is 4.79 Å². The van der Waals surface area contributed by atoms with Gasteiger partial charge in [-0.3, -0.25) is 14.4 Å². The summed E-state index contributed by atoms with van der Waals surface area (Å²) in [6.07, 6.45) is 2.69. The molecule has 1 amide bonds. The maximum atomic E-state index is 13.2. The fourth-order valence-electron chi connectivity index (χ4n) is 3.89. The van der Waals surface area contributed by atoms with E-state index in [1.807, 2.05) is 23.6 Å². The van der Waals surface area contributed by atoms with Crippen molar-refractivity contribution in [3.63, 3.8) is 0 Å². The molecule has 0 N–H and O–H groups in total. The second kappa shape index (κ2) is 6.68. The van der Waals surface area contributed by atoms with Crippen molar-refractivity contribution in [3.8, 4) is 11.1 Å². The molecule has 0 fully saturated rings. The van der Waals surface area contributed by atoms with Crippen LogP contribution in [-0.2, 0) is 13.6 Å². The van der Waals surface area contributed by atoms with Gasteiger partial charge >= 0.3 is 0 Å². The molecule has 0 saturated carbocycles. The molecule has 2 aromatic heterocycles. The third kappa shape index (κ3) is 2.95. The van der Waals surface area contributed by atoms with Gasteiger partial charge in [-0.25, -0.2) is 4.68 Å². The number of carbonyl (C=O) groups is 1. The number of aryl methyl sites for hydroxylation is 3. The molecule has 1 aromatic carbocycles. The highest BCUT2D eigenvalue weighted by molar-refractivity contribution is 6.06. The van der Waals surface area contributed by atoms with Crippen molar-refractivity contribution in [2.75, 3.05) is 11.4 Å². The molecular weight excluding hydrogens is 338 g/mol. The summed E-state index contributed by atoms with van der Waals surface area (Å²) in [6.45, 7) is 7.92. The normalized spacial score (nSPS) is 13.9. The number of hydrogen-bond donors (Lipinski definition) is 0. The molecule has 27 heavy (non-hydrogen) atoms.